The second kappa shape index (κ2) is 5.16. The minimum absolute atomic E-state index is 0.0733. The van der Waals surface area contributed by atoms with Gasteiger partial charge in [-0.25, -0.2) is 0 Å². The Morgan fingerprint density at radius 1 is 1.44 bits per heavy atom. The van der Waals surface area contributed by atoms with Crippen LogP contribution in [0.3, 0.4) is 0 Å². The third-order valence-electron chi connectivity index (χ3n) is 3.08. The fourth-order valence-corrected chi connectivity index (χ4v) is 2.11. The van der Waals surface area contributed by atoms with Gasteiger partial charge in [-0.05, 0) is 18.8 Å². The summed E-state index contributed by atoms with van der Waals surface area (Å²) in [7, 11) is 0. The van der Waals surface area contributed by atoms with E-state index in [0.717, 1.165) is 0 Å². The van der Waals surface area contributed by atoms with Gasteiger partial charge in [-0.3, -0.25) is 9.59 Å². The summed E-state index contributed by atoms with van der Waals surface area (Å²) >= 11 is 0. The maximum atomic E-state index is 12.0. The van der Waals surface area contributed by atoms with Crippen molar-refractivity contribution in [2.75, 3.05) is 13.1 Å². The van der Waals surface area contributed by atoms with E-state index in [0.29, 0.717) is 31.8 Å². The topological polar surface area (TPSA) is 96.5 Å². The van der Waals surface area contributed by atoms with Gasteiger partial charge in [0.2, 0.25) is 5.89 Å². The maximum Gasteiger partial charge on any atom is 0.303 e. The van der Waals surface area contributed by atoms with E-state index in [-0.39, 0.29) is 24.1 Å². The van der Waals surface area contributed by atoms with Crippen molar-refractivity contribution < 1.29 is 19.2 Å². The Kier molecular flexibility index (Phi) is 3.59. The number of carbonyl (C=O) groups is 2. The summed E-state index contributed by atoms with van der Waals surface area (Å²) in [4.78, 5) is 28.1. The molecule has 0 spiro atoms. The quantitative estimate of drug-likeness (QED) is 0.851. The van der Waals surface area contributed by atoms with Gasteiger partial charge in [-0.15, -0.1) is 0 Å². The molecule has 98 valence electrons. The third kappa shape index (κ3) is 2.85. The SMILES string of the molecule is Cc1nc(C(=O)N2CCC(CC(=O)O)CC2)no1. The average Bonchev–Trinajstić information content (AvgIpc) is 2.75. The van der Waals surface area contributed by atoms with Crippen LogP contribution in [0.5, 0.6) is 0 Å². The number of aryl methyl sites for hydroxylation is 1. The van der Waals surface area contributed by atoms with Crippen LogP contribution in [0.15, 0.2) is 4.52 Å². The number of amides is 1. The van der Waals surface area contributed by atoms with Crippen LogP contribution in [0.25, 0.3) is 0 Å². The lowest BCUT2D eigenvalue weighted by Gasteiger charge is -2.30. The van der Waals surface area contributed by atoms with Crippen LogP contribution in [0.4, 0.5) is 0 Å². The van der Waals surface area contributed by atoms with Gasteiger partial charge in [0.25, 0.3) is 11.7 Å². The number of carboxylic acid groups (broad SMARTS) is 1. The van der Waals surface area contributed by atoms with E-state index in [1.54, 1.807) is 11.8 Å². The van der Waals surface area contributed by atoms with Gasteiger partial charge >= 0.3 is 5.97 Å². The maximum absolute atomic E-state index is 12.0. The van der Waals surface area contributed by atoms with Crippen molar-refractivity contribution in [1.29, 1.82) is 0 Å². The monoisotopic (exact) mass is 253 g/mol. The lowest BCUT2D eigenvalue weighted by molar-refractivity contribution is -0.138. The second-order valence-corrected chi connectivity index (χ2v) is 4.47. The fourth-order valence-electron chi connectivity index (χ4n) is 2.11. The van der Waals surface area contributed by atoms with Crippen LogP contribution in [0.1, 0.15) is 35.8 Å². The van der Waals surface area contributed by atoms with E-state index in [4.69, 9.17) is 9.63 Å². The van der Waals surface area contributed by atoms with Crippen LogP contribution < -0.4 is 0 Å². The molecule has 2 rings (SSSR count). The first-order chi connectivity index (χ1) is 8.56. The van der Waals surface area contributed by atoms with E-state index in [1.165, 1.54) is 0 Å². The number of carboxylic acids is 1. The van der Waals surface area contributed by atoms with Gasteiger partial charge in [0, 0.05) is 26.4 Å². The van der Waals surface area contributed by atoms with Crippen molar-refractivity contribution in [1.82, 2.24) is 15.0 Å². The van der Waals surface area contributed by atoms with Gasteiger partial charge in [-0.1, -0.05) is 5.16 Å². The molecule has 7 nitrogen and oxygen atoms in total. The smallest absolute Gasteiger partial charge is 0.303 e. The van der Waals surface area contributed by atoms with Crippen LogP contribution in [-0.2, 0) is 4.79 Å². The highest BCUT2D eigenvalue weighted by Crippen LogP contribution is 2.21. The molecule has 0 saturated carbocycles. The van der Waals surface area contributed by atoms with E-state index in [9.17, 15) is 9.59 Å². The molecule has 1 aromatic heterocycles. The number of aliphatic carboxylic acids is 1. The minimum Gasteiger partial charge on any atom is -0.481 e. The molecule has 1 amide bonds. The van der Waals surface area contributed by atoms with Crippen LogP contribution in [-0.4, -0.2) is 45.1 Å². The Hall–Kier alpha value is -1.92. The largest absolute Gasteiger partial charge is 0.481 e. The van der Waals surface area contributed by atoms with Gasteiger partial charge in [0.15, 0.2) is 0 Å². The molecule has 1 saturated heterocycles. The molecule has 1 aliphatic rings. The summed E-state index contributed by atoms with van der Waals surface area (Å²) in [6.07, 6.45) is 1.58. The van der Waals surface area contributed by atoms with Crippen molar-refractivity contribution in [3.63, 3.8) is 0 Å². The number of likely N-dealkylation sites (tertiary alicyclic amines) is 1. The summed E-state index contributed by atoms with van der Waals surface area (Å²) in [5.74, 6) is -0.448. The number of hydrogen-bond donors (Lipinski definition) is 1. The lowest BCUT2D eigenvalue weighted by atomic mass is 9.93. The Bertz CT molecular complexity index is 449. The molecule has 0 aliphatic carbocycles. The van der Waals surface area contributed by atoms with E-state index >= 15 is 0 Å². The van der Waals surface area contributed by atoms with E-state index in [2.05, 4.69) is 10.1 Å². The Morgan fingerprint density at radius 3 is 2.61 bits per heavy atom. The van der Waals surface area contributed by atoms with Crippen LogP contribution in [0, 0.1) is 12.8 Å². The zero-order chi connectivity index (χ0) is 13.1. The van der Waals surface area contributed by atoms with Crippen molar-refractivity contribution in [3.05, 3.63) is 11.7 Å². The molecule has 7 heteroatoms. The predicted octanol–water partition coefficient (Wildman–Crippen LogP) is 0.705. The highest BCUT2D eigenvalue weighted by atomic mass is 16.5. The van der Waals surface area contributed by atoms with Crippen LogP contribution >= 0.6 is 0 Å². The van der Waals surface area contributed by atoms with Gasteiger partial charge in [0.05, 0.1) is 0 Å². The van der Waals surface area contributed by atoms with E-state index in [1.807, 2.05) is 0 Å². The number of rotatable bonds is 3. The average molecular weight is 253 g/mol. The molecule has 1 fully saturated rings. The summed E-state index contributed by atoms with van der Waals surface area (Å²) in [5.41, 5.74) is 0. The second-order valence-electron chi connectivity index (χ2n) is 4.47. The molecule has 1 aromatic rings. The molecular weight excluding hydrogens is 238 g/mol. The summed E-state index contributed by atoms with van der Waals surface area (Å²) in [6, 6.07) is 0. The fraction of sp³-hybridized carbons (Fsp3) is 0.636. The first-order valence-electron chi connectivity index (χ1n) is 5.87. The van der Waals surface area contributed by atoms with Crippen molar-refractivity contribution in [3.8, 4) is 0 Å². The van der Waals surface area contributed by atoms with Gasteiger partial charge in [0.1, 0.15) is 0 Å². The zero-order valence-corrected chi connectivity index (χ0v) is 10.1. The molecule has 0 bridgehead atoms. The highest BCUT2D eigenvalue weighted by molar-refractivity contribution is 5.90. The zero-order valence-electron chi connectivity index (χ0n) is 10.1. The summed E-state index contributed by atoms with van der Waals surface area (Å²) in [6.45, 7) is 2.72. The summed E-state index contributed by atoms with van der Waals surface area (Å²) in [5, 5.41) is 12.3. The molecule has 1 N–H and O–H groups in total. The summed E-state index contributed by atoms with van der Waals surface area (Å²) < 4.78 is 4.76. The van der Waals surface area contributed by atoms with Crippen LogP contribution in [0.2, 0.25) is 0 Å². The minimum atomic E-state index is -0.784. The molecule has 18 heavy (non-hydrogen) atoms. The van der Waals surface area contributed by atoms with Crippen molar-refractivity contribution in [2.45, 2.75) is 26.2 Å². The Balaban J connectivity index is 1.90. The van der Waals surface area contributed by atoms with E-state index < -0.39 is 5.97 Å². The van der Waals surface area contributed by atoms with Gasteiger partial charge < -0.3 is 14.5 Å². The molecule has 0 aromatic carbocycles. The molecule has 2 heterocycles. The Morgan fingerprint density at radius 2 is 2.11 bits per heavy atom. The molecule has 0 radical (unpaired) electrons. The molecular formula is C11H15N3O4. The van der Waals surface area contributed by atoms with Gasteiger partial charge in [-0.2, -0.15) is 4.98 Å². The molecule has 1 aliphatic heterocycles. The number of carbonyl (C=O) groups excluding carboxylic acids is 1. The third-order valence-corrected chi connectivity index (χ3v) is 3.08. The van der Waals surface area contributed by atoms with Crippen molar-refractivity contribution in [2.24, 2.45) is 5.92 Å². The molecule has 0 atom stereocenters. The predicted molar refractivity (Wildman–Crippen MR) is 59.9 cm³/mol. The normalized spacial score (nSPS) is 16.8. The number of nitrogens with zero attached hydrogens (tertiary/aromatic N) is 3. The van der Waals surface area contributed by atoms with Crippen molar-refractivity contribution >= 4 is 11.9 Å². The number of aromatic nitrogens is 2. The lowest BCUT2D eigenvalue weighted by Crippen LogP contribution is -2.39. The number of hydrogen-bond acceptors (Lipinski definition) is 5. The molecule has 0 unspecified atom stereocenters. The standard InChI is InChI=1S/C11H15N3O4/c1-7-12-10(13-18-7)11(17)14-4-2-8(3-5-14)6-9(15)16/h8H,2-6H2,1H3,(H,15,16). The first-order valence-corrected chi connectivity index (χ1v) is 5.87. The Labute approximate surface area is 104 Å². The number of piperidine rings is 1. The first kappa shape index (κ1) is 12.5. The highest BCUT2D eigenvalue weighted by Gasteiger charge is 2.27.